The summed E-state index contributed by atoms with van der Waals surface area (Å²) in [7, 11) is 0. The molecule has 0 radical (unpaired) electrons. The summed E-state index contributed by atoms with van der Waals surface area (Å²) in [5.41, 5.74) is 0. The van der Waals surface area contributed by atoms with E-state index in [9.17, 15) is 9.59 Å². The molecular weight excluding hydrogens is 348 g/mol. The second-order valence-electron chi connectivity index (χ2n) is 6.63. The molecule has 2 aromatic rings. The highest BCUT2D eigenvalue weighted by Gasteiger charge is 2.32. The smallest absolute Gasteiger partial charge is 0.237 e. The van der Waals surface area contributed by atoms with Gasteiger partial charge in [-0.1, -0.05) is 0 Å². The second-order valence-corrected chi connectivity index (χ2v) is 6.63. The molecule has 0 unspecified atom stereocenters. The fraction of sp³-hybridized carbons (Fsp3) is 0.556. The Labute approximate surface area is 158 Å². The molecule has 1 atom stereocenters. The van der Waals surface area contributed by atoms with Gasteiger partial charge < -0.3 is 19.6 Å². The van der Waals surface area contributed by atoms with Crippen LogP contribution in [0.25, 0.3) is 0 Å². The van der Waals surface area contributed by atoms with Crippen molar-refractivity contribution < 1.29 is 14.0 Å². The van der Waals surface area contributed by atoms with E-state index in [1.165, 1.54) is 0 Å². The highest BCUT2D eigenvalue weighted by Crippen LogP contribution is 2.15. The van der Waals surface area contributed by atoms with Crippen LogP contribution in [0, 0.1) is 6.92 Å². The van der Waals surface area contributed by atoms with Gasteiger partial charge in [-0.05, 0) is 26.0 Å². The van der Waals surface area contributed by atoms with Gasteiger partial charge in [0.2, 0.25) is 11.8 Å². The molecule has 1 aliphatic heterocycles. The molecule has 27 heavy (non-hydrogen) atoms. The molecule has 3 heterocycles. The normalized spacial score (nSPS) is 17.7. The number of hydrogen-bond acceptors (Lipinski definition) is 6. The Morgan fingerprint density at radius 1 is 1.44 bits per heavy atom. The number of amides is 2. The minimum Gasteiger partial charge on any atom is -0.465 e. The highest BCUT2D eigenvalue weighted by atomic mass is 16.3. The first-order valence-corrected chi connectivity index (χ1v) is 9.27. The summed E-state index contributed by atoms with van der Waals surface area (Å²) in [5.74, 6) is 2.20. The maximum absolute atomic E-state index is 12.4. The second kappa shape index (κ2) is 8.81. The van der Waals surface area contributed by atoms with E-state index >= 15 is 0 Å². The number of piperazine rings is 1. The molecule has 9 nitrogen and oxygen atoms in total. The summed E-state index contributed by atoms with van der Waals surface area (Å²) in [6.07, 6.45) is 2.40. The Kier molecular flexibility index (Phi) is 6.23. The Bertz CT molecular complexity index is 784. The lowest BCUT2D eigenvalue weighted by molar-refractivity contribution is -0.134. The van der Waals surface area contributed by atoms with Gasteiger partial charge >= 0.3 is 0 Å². The van der Waals surface area contributed by atoms with Gasteiger partial charge in [0, 0.05) is 32.6 Å². The van der Waals surface area contributed by atoms with Crippen molar-refractivity contribution in [1.29, 1.82) is 0 Å². The Morgan fingerprint density at radius 3 is 3.04 bits per heavy atom. The van der Waals surface area contributed by atoms with Gasteiger partial charge in [-0.15, -0.1) is 10.2 Å². The number of nitrogens with one attached hydrogen (secondary N) is 2. The zero-order valence-corrected chi connectivity index (χ0v) is 15.8. The predicted molar refractivity (Wildman–Crippen MR) is 97.7 cm³/mol. The average Bonchev–Trinajstić information content (AvgIpc) is 3.26. The Morgan fingerprint density at radius 2 is 2.30 bits per heavy atom. The number of furan rings is 1. The third-order valence-corrected chi connectivity index (χ3v) is 4.68. The molecule has 1 saturated heterocycles. The third kappa shape index (κ3) is 4.94. The first-order chi connectivity index (χ1) is 13.1. The van der Waals surface area contributed by atoms with Gasteiger partial charge in [0.25, 0.3) is 0 Å². The van der Waals surface area contributed by atoms with Crippen molar-refractivity contribution in [2.45, 2.75) is 45.8 Å². The number of carbonyl (C=O) groups is 2. The largest absolute Gasteiger partial charge is 0.465 e. The van der Waals surface area contributed by atoms with Crippen molar-refractivity contribution in [3.63, 3.8) is 0 Å². The van der Waals surface area contributed by atoms with Crippen LogP contribution in [-0.2, 0) is 29.1 Å². The molecular formula is C18H26N6O3. The van der Waals surface area contributed by atoms with Crippen LogP contribution in [0.3, 0.4) is 0 Å². The van der Waals surface area contributed by atoms with Crippen molar-refractivity contribution in [2.75, 3.05) is 19.6 Å². The molecule has 2 amide bonds. The third-order valence-electron chi connectivity index (χ3n) is 4.68. The minimum atomic E-state index is -0.497. The number of hydrogen-bond donors (Lipinski definition) is 2. The van der Waals surface area contributed by atoms with Crippen LogP contribution in [0.15, 0.2) is 22.9 Å². The van der Waals surface area contributed by atoms with Crippen molar-refractivity contribution in [1.82, 2.24) is 30.3 Å². The van der Waals surface area contributed by atoms with E-state index in [4.69, 9.17) is 4.42 Å². The van der Waals surface area contributed by atoms with E-state index in [-0.39, 0.29) is 18.2 Å². The fourth-order valence-electron chi connectivity index (χ4n) is 3.24. The molecule has 146 valence electrons. The molecule has 0 saturated carbocycles. The molecule has 0 spiro atoms. The number of carbonyl (C=O) groups excluding carboxylic acids is 2. The van der Waals surface area contributed by atoms with Gasteiger partial charge in [-0.2, -0.15) is 0 Å². The number of nitrogens with zero attached hydrogens (tertiary/aromatic N) is 4. The standard InChI is InChI=1S/C18H26N6O3/c1-3-23-12-21-22-16(23)6-7-19-17(25)10-15-18(26)20-8-9-24(15)11-14-5-4-13(2)27-14/h4-5,12,15H,3,6-11H2,1-2H3,(H,19,25)(H,20,26)/t15-/m1/s1. The van der Waals surface area contributed by atoms with Gasteiger partial charge in [-0.25, -0.2) is 0 Å². The lowest BCUT2D eigenvalue weighted by Crippen LogP contribution is -2.56. The summed E-state index contributed by atoms with van der Waals surface area (Å²) in [4.78, 5) is 26.6. The van der Waals surface area contributed by atoms with Crippen LogP contribution >= 0.6 is 0 Å². The SMILES string of the molecule is CCn1cnnc1CCNC(=O)C[C@@H]1C(=O)NCCN1Cc1ccc(C)o1. The predicted octanol–water partition coefficient (Wildman–Crippen LogP) is 0.249. The molecule has 2 N–H and O–H groups in total. The summed E-state index contributed by atoms with van der Waals surface area (Å²) in [6.45, 7) is 6.92. The Balaban J connectivity index is 1.52. The first-order valence-electron chi connectivity index (χ1n) is 9.27. The molecule has 0 bridgehead atoms. The summed E-state index contributed by atoms with van der Waals surface area (Å²) in [5, 5.41) is 13.6. The maximum atomic E-state index is 12.4. The van der Waals surface area contributed by atoms with Crippen LogP contribution in [0.5, 0.6) is 0 Å². The zero-order valence-electron chi connectivity index (χ0n) is 15.8. The summed E-state index contributed by atoms with van der Waals surface area (Å²) in [6, 6.07) is 3.31. The van der Waals surface area contributed by atoms with Crippen molar-refractivity contribution in [2.24, 2.45) is 0 Å². The van der Waals surface area contributed by atoms with E-state index in [2.05, 4.69) is 20.8 Å². The summed E-state index contributed by atoms with van der Waals surface area (Å²) < 4.78 is 7.55. The van der Waals surface area contributed by atoms with Crippen LogP contribution in [0.4, 0.5) is 0 Å². The minimum absolute atomic E-state index is 0.117. The van der Waals surface area contributed by atoms with Gasteiger partial charge in [0.1, 0.15) is 23.7 Å². The monoisotopic (exact) mass is 374 g/mol. The molecule has 3 rings (SSSR count). The van der Waals surface area contributed by atoms with Crippen molar-refractivity contribution in [3.05, 3.63) is 35.8 Å². The van der Waals surface area contributed by atoms with Crippen molar-refractivity contribution >= 4 is 11.8 Å². The lowest BCUT2D eigenvalue weighted by Gasteiger charge is -2.34. The molecule has 1 fully saturated rings. The number of rotatable bonds is 8. The van der Waals surface area contributed by atoms with Crippen LogP contribution < -0.4 is 10.6 Å². The zero-order chi connectivity index (χ0) is 19.2. The molecule has 2 aromatic heterocycles. The van der Waals surface area contributed by atoms with E-state index in [1.54, 1.807) is 6.33 Å². The molecule has 0 aromatic carbocycles. The summed E-state index contributed by atoms with van der Waals surface area (Å²) >= 11 is 0. The topological polar surface area (TPSA) is 105 Å². The molecule has 0 aliphatic carbocycles. The van der Waals surface area contributed by atoms with Gasteiger partial charge in [-0.3, -0.25) is 14.5 Å². The fourth-order valence-corrected chi connectivity index (χ4v) is 3.24. The van der Waals surface area contributed by atoms with E-state index in [0.717, 1.165) is 23.9 Å². The Hall–Kier alpha value is -2.68. The van der Waals surface area contributed by atoms with E-state index in [0.29, 0.717) is 32.6 Å². The van der Waals surface area contributed by atoms with Gasteiger partial charge in [0.05, 0.1) is 19.0 Å². The first kappa shape index (κ1) is 19.1. The highest BCUT2D eigenvalue weighted by molar-refractivity contribution is 5.88. The lowest BCUT2D eigenvalue weighted by atomic mass is 10.1. The average molecular weight is 374 g/mol. The van der Waals surface area contributed by atoms with E-state index in [1.807, 2.05) is 35.4 Å². The van der Waals surface area contributed by atoms with Crippen molar-refractivity contribution in [3.8, 4) is 0 Å². The van der Waals surface area contributed by atoms with Gasteiger partial charge in [0.15, 0.2) is 0 Å². The van der Waals surface area contributed by atoms with Crippen LogP contribution in [0.2, 0.25) is 0 Å². The van der Waals surface area contributed by atoms with Crippen LogP contribution in [-0.4, -0.2) is 57.2 Å². The number of aromatic nitrogens is 3. The van der Waals surface area contributed by atoms with E-state index < -0.39 is 6.04 Å². The van der Waals surface area contributed by atoms with Crippen LogP contribution in [0.1, 0.15) is 30.7 Å². The number of aryl methyl sites for hydroxylation is 2. The molecule has 9 heteroatoms. The quantitative estimate of drug-likeness (QED) is 0.686. The maximum Gasteiger partial charge on any atom is 0.237 e. The molecule has 1 aliphatic rings.